The second kappa shape index (κ2) is 7.34. The number of piperidine rings is 1. The van der Waals surface area contributed by atoms with Crippen molar-refractivity contribution in [2.24, 2.45) is 5.92 Å². The van der Waals surface area contributed by atoms with E-state index in [1.54, 1.807) is 13.1 Å². The minimum Gasteiger partial charge on any atom is -0.372 e. The Labute approximate surface area is 130 Å². The van der Waals surface area contributed by atoms with Crippen molar-refractivity contribution in [1.29, 1.82) is 0 Å². The van der Waals surface area contributed by atoms with Crippen molar-refractivity contribution in [2.75, 3.05) is 43.9 Å². The van der Waals surface area contributed by atoms with Gasteiger partial charge in [-0.3, -0.25) is 0 Å². The van der Waals surface area contributed by atoms with Crippen LogP contribution in [0.5, 0.6) is 0 Å². The summed E-state index contributed by atoms with van der Waals surface area (Å²) in [6.07, 6.45) is 2.45. The number of hydrogen-bond donors (Lipinski definition) is 2. The number of halogens is 2. The second-order valence-electron chi connectivity index (χ2n) is 5.16. The molecule has 1 fully saturated rings. The zero-order valence-electron chi connectivity index (χ0n) is 12.0. The van der Waals surface area contributed by atoms with Crippen LogP contribution in [-0.2, 0) is 0 Å². The summed E-state index contributed by atoms with van der Waals surface area (Å²) in [6, 6.07) is 1.73. The van der Waals surface area contributed by atoms with Gasteiger partial charge in [-0.2, -0.15) is 0 Å². The van der Waals surface area contributed by atoms with Crippen molar-refractivity contribution >= 4 is 34.8 Å². The molecule has 0 saturated carbocycles. The number of nitrogens with zero attached hydrogens (tertiary/aromatic N) is 2. The highest BCUT2D eigenvalue weighted by atomic mass is 35.5. The topological polar surface area (TPSA) is 40.2 Å². The van der Waals surface area contributed by atoms with Gasteiger partial charge in [-0.25, -0.2) is 4.98 Å². The van der Waals surface area contributed by atoms with Gasteiger partial charge in [-0.05, 0) is 44.5 Å². The highest BCUT2D eigenvalue weighted by Gasteiger charge is 2.18. The third kappa shape index (κ3) is 3.90. The van der Waals surface area contributed by atoms with Crippen molar-refractivity contribution in [1.82, 2.24) is 9.88 Å². The van der Waals surface area contributed by atoms with Gasteiger partial charge in [0.05, 0.1) is 10.0 Å². The van der Waals surface area contributed by atoms with Crippen molar-refractivity contribution < 1.29 is 0 Å². The summed E-state index contributed by atoms with van der Waals surface area (Å²) < 4.78 is 0. The van der Waals surface area contributed by atoms with Crippen LogP contribution in [0, 0.1) is 5.92 Å². The molecule has 0 aromatic carbocycles. The number of anilines is 2. The predicted octanol–water partition coefficient (Wildman–Crippen LogP) is 3.57. The molecular formula is C14H22Cl2N4. The summed E-state index contributed by atoms with van der Waals surface area (Å²) in [5, 5.41) is 7.43. The standard InChI is InChI=1S/C14H22Cl2N4/c1-3-20-6-4-10(5-7-20)9-18-14-12(16)8-11(15)13(17-2)19-14/h8,10H,3-7,9H2,1-2H3,(H2,17,18,19). The van der Waals surface area contributed by atoms with E-state index in [-0.39, 0.29) is 0 Å². The first kappa shape index (κ1) is 15.7. The van der Waals surface area contributed by atoms with Crippen molar-refractivity contribution in [3.05, 3.63) is 16.1 Å². The van der Waals surface area contributed by atoms with E-state index in [2.05, 4.69) is 27.4 Å². The van der Waals surface area contributed by atoms with Crippen LogP contribution in [0.1, 0.15) is 19.8 Å². The molecule has 1 aromatic heterocycles. The Morgan fingerprint density at radius 3 is 2.50 bits per heavy atom. The van der Waals surface area contributed by atoms with Crippen molar-refractivity contribution in [3.63, 3.8) is 0 Å². The number of likely N-dealkylation sites (tertiary alicyclic amines) is 1. The van der Waals surface area contributed by atoms with Gasteiger partial charge in [-0.1, -0.05) is 30.1 Å². The van der Waals surface area contributed by atoms with Crippen molar-refractivity contribution in [3.8, 4) is 0 Å². The molecule has 0 amide bonds. The molecule has 0 aliphatic carbocycles. The van der Waals surface area contributed by atoms with E-state index in [1.165, 1.54) is 25.9 Å². The van der Waals surface area contributed by atoms with Crippen LogP contribution >= 0.6 is 23.2 Å². The minimum absolute atomic E-state index is 0.541. The molecule has 2 heterocycles. The number of hydrogen-bond acceptors (Lipinski definition) is 4. The summed E-state index contributed by atoms with van der Waals surface area (Å²) in [5.41, 5.74) is 0. The van der Waals surface area contributed by atoms with Crippen LogP contribution in [0.3, 0.4) is 0 Å². The first-order valence-electron chi connectivity index (χ1n) is 7.14. The quantitative estimate of drug-likeness (QED) is 0.871. The second-order valence-corrected chi connectivity index (χ2v) is 5.97. The number of aromatic nitrogens is 1. The first-order valence-corrected chi connectivity index (χ1v) is 7.89. The highest BCUT2D eigenvalue weighted by molar-refractivity contribution is 6.37. The molecule has 0 radical (unpaired) electrons. The Balaban J connectivity index is 1.91. The highest BCUT2D eigenvalue weighted by Crippen LogP contribution is 2.29. The van der Waals surface area contributed by atoms with Gasteiger partial charge in [-0.15, -0.1) is 0 Å². The lowest BCUT2D eigenvalue weighted by Crippen LogP contribution is -2.35. The van der Waals surface area contributed by atoms with Crippen LogP contribution in [0.25, 0.3) is 0 Å². The predicted molar refractivity (Wildman–Crippen MR) is 87.1 cm³/mol. The molecule has 1 aliphatic heterocycles. The summed E-state index contributed by atoms with van der Waals surface area (Å²) in [7, 11) is 1.80. The summed E-state index contributed by atoms with van der Waals surface area (Å²) in [6.45, 7) is 6.65. The Bertz CT molecular complexity index is 445. The molecule has 1 aromatic rings. The average molecular weight is 317 g/mol. The normalized spacial score (nSPS) is 17.2. The summed E-state index contributed by atoms with van der Waals surface area (Å²) >= 11 is 12.2. The maximum atomic E-state index is 6.18. The van der Waals surface area contributed by atoms with E-state index in [4.69, 9.17) is 23.2 Å². The average Bonchev–Trinajstić information content (AvgIpc) is 2.47. The number of nitrogens with one attached hydrogen (secondary N) is 2. The zero-order chi connectivity index (χ0) is 14.5. The van der Waals surface area contributed by atoms with Gasteiger partial charge >= 0.3 is 0 Å². The van der Waals surface area contributed by atoms with Crippen LogP contribution < -0.4 is 10.6 Å². The fourth-order valence-electron chi connectivity index (χ4n) is 2.51. The largest absolute Gasteiger partial charge is 0.372 e. The Morgan fingerprint density at radius 1 is 1.25 bits per heavy atom. The molecule has 4 nitrogen and oxygen atoms in total. The van der Waals surface area contributed by atoms with Crippen molar-refractivity contribution in [2.45, 2.75) is 19.8 Å². The Hall–Kier alpha value is -0.710. The molecule has 1 saturated heterocycles. The third-order valence-electron chi connectivity index (χ3n) is 3.88. The Morgan fingerprint density at radius 2 is 1.90 bits per heavy atom. The summed E-state index contributed by atoms with van der Waals surface area (Å²) in [5.74, 6) is 2.04. The van der Waals surface area contributed by atoms with E-state index >= 15 is 0 Å². The zero-order valence-corrected chi connectivity index (χ0v) is 13.6. The minimum atomic E-state index is 0.541. The third-order valence-corrected chi connectivity index (χ3v) is 4.46. The number of rotatable bonds is 5. The molecule has 20 heavy (non-hydrogen) atoms. The van der Waals surface area contributed by atoms with Crippen LogP contribution in [0.2, 0.25) is 10.0 Å². The van der Waals surface area contributed by atoms with E-state index in [1.807, 2.05) is 0 Å². The number of pyridine rings is 1. The van der Waals surface area contributed by atoms with Gasteiger partial charge in [0.1, 0.15) is 11.6 Å². The smallest absolute Gasteiger partial charge is 0.147 e. The molecule has 0 bridgehead atoms. The van der Waals surface area contributed by atoms with E-state index in [9.17, 15) is 0 Å². The summed E-state index contributed by atoms with van der Waals surface area (Å²) in [4.78, 5) is 6.90. The molecule has 6 heteroatoms. The van der Waals surface area contributed by atoms with Gasteiger partial charge in [0.25, 0.3) is 0 Å². The fourth-order valence-corrected chi connectivity index (χ4v) is 3.03. The molecule has 0 unspecified atom stereocenters. The fraction of sp³-hybridized carbons (Fsp3) is 0.643. The lowest BCUT2D eigenvalue weighted by molar-refractivity contribution is 0.198. The molecule has 112 valence electrons. The molecule has 0 atom stereocenters. The monoisotopic (exact) mass is 316 g/mol. The lowest BCUT2D eigenvalue weighted by atomic mass is 9.97. The van der Waals surface area contributed by atoms with Crippen LogP contribution in [0.4, 0.5) is 11.6 Å². The maximum Gasteiger partial charge on any atom is 0.147 e. The van der Waals surface area contributed by atoms with E-state index in [0.717, 1.165) is 13.1 Å². The molecule has 2 N–H and O–H groups in total. The van der Waals surface area contributed by atoms with E-state index < -0.39 is 0 Å². The molecule has 0 spiro atoms. The SMILES string of the molecule is CCN1CCC(CNc2nc(NC)c(Cl)cc2Cl)CC1. The van der Waals surface area contributed by atoms with Crippen LogP contribution in [0.15, 0.2) is 6.07 Å². The molecule has 2 rings (SSSR count). The van der Waals surface area contributed by atoms with Gasteiger partial charge < -0.3 is 15.5 Å². The van der Waals surface area contributed by atoms with Gasteiger partial charge in [0, 0.05) is 13.6 Å². The van der Waals surface area contributed by atoms with Gasteiger partial charge in [0.15, 0.2) is 0 Å². The van der Waals surface area contributed by atoms with Crippen LogP contribution in [-0.4, -0.2) is 43.1 Å². The molecule has 1 aliphatic rings. The first-order chi connectivity index (χ1) is 9.63. The van der Waals surface area contributed by atoms with E-state index in [0.29, 0.717) is 27.6 Å². The maximum absolute atomic E-state index is 6.18. The van der Waals surface area contributed by atoms with Gasteiger partial charge in [0.2, 0.25) is 0 Å². The lowest BCUT2D eigenvalue weighted by Gasteiger charge is -2.31. The Kier molecular flexibility index (Phi) is 5.75. The molecular weight excluding hydrogens is 295 g/mol.